The summed E-state index contributed by atoms with van der Waals surface area (Å²) in [4.78, 5) is 28.9. The van der Waals surface area contributed by atoms with Gasteiger partial charge in [-0.2, -0.15) is 20.3 Å². The largest absolute Gasteiger partial charge is 0.463 e. The SMILES string of the molecule is CN1CC[C@H](COc2nc3c(c(N4CCCn5nc(C(=O)N(C)C)cc5C4)n2)COC2(CCCc4ccc(N)c(C#N)c42)C3)C1. The van der Waals surface area contributed by atoms with E-state index < -0.39 is 5.60 Å². The number of carbonyl (C=O) groups is 1. The average Bonchev–Trinajstić information content (AvgIpc) is 3.58. The van der Waals surface area contributed by atoms with Gasteiger partial charge in [0.1, 0.15) is 17.5 Å². The average molecular weight is 612 g/mol. The minimum absolute atomic E-state index is 0.112. The van der Waals surface area contributed by atoms with Gasteiger partial charge in [-0.05, 0) is 63.4 Å². The van der Waals surface area contributed by atoms with Crippen molar-refractivity contribution in [3.8, 4) is 12.1 Å². The Bertz CT molecular complexity index is 1680. The summed E-state index contributed by atoms with van der Waals surface area (Å²) < 4.78 is 15.1. The highest BCUT2D eigenvalue weighted by Crippen LogP contribution is 2.48. The summed E-state index contributed by atoms with van der Waals surface area (Å²) in [5.41, 5.74) is 11.9. The first-order valence-electron chi connectivity index (χ1n) is 15.9. The quantitative estimate of drug-likeness (QED) is 0.429. The summed E-state index contributed by atoms with van der Waals surface area (Å²) in [5.74, 6) is 1.12. The fraction of sp³-hybridized carbons (Fsp3) is 0.545. The molecule has 2 aromatic heterocycles. The summed E-state index contributed by atoms with van der Waals surface area (Å²) >= 11 is 0. The number of benzene rings is 1. The number of amides is 1. The number of hydrogen-bond acceptors (Lipinski definition) is 10. The van der Waals surface area contributed by atoms with Crippen molar-refractivity contribution in [1.82, 2.24) is 29.5 Å². The van der Waals surface area contributed by atoms with E-state index in [1.54, 1.807) is 19.0 Å². The van der Waals surface area contributed by atoms with E-state index in [1.165, 1.54) is 0 Å². The smallest absolute Gasteiger partial charge is 0.318 e. The number of rotatable bonds is 5. The Hall–Kier alpha value is -4.21. The van der Waals surface area contributed by atoms with Crippen molar-refractivity contribution in [2.24, 2.45) is 5.92 Å². The van der Waals surface area contributed by atoms with Crippen LogP contribution in [0.2, 0.25) is 0 Å². The molecule has 1 unspecified atom stereocenters. The van der Waals surface area contributed by atoms with Crippen molar-refractivity contribution < 1.29 is 14.3 Å². The van der Waals surface area contributed by atoms with Crippen molar-refractivity contribution in [2.75, 3.05) is 58.0 Å². The van der Waals surface area contributed by atoms with E-state index in [-0.39, 0.29) is 5.91 Å². The van der Waals surface area contributed by atoms with E-state index in [0.29, 0.717) is 61.6 Å². The molecule has 2 atom stereocenters. The second-order valence-corrected chi connectivity index (χ2v) is 13.2. The predicted octanol–water partition coefficient (Wildman–Crippen LogP) is 2.87. The summed E-state index contributed by atoms with van der Waals surface area (Å²) in [6, 6.07) is 8.51. The van der Waals surface area contributed by atoms with Gasteiger partial charge in [0.05, 0.1) is 36.7 Å². The Morgan fingerprint density at radius 2 is 2.11 bits per heavy atom. The van der Waals surface area contributed by atoms with Gasteiger partial charge in [-0.25, -0.2) is 0 Å². The zero-order valence-electron chi connectivity index (χ0n) is 26.4. The molecule has 2 N–H and O–H groups in total. The van der Waals surface area contributed by atoms with Crippen LogP contribution < -0.4 is 15.4 Å². The van der Waals surface area contributed by atoms with Crippen LogP contribution in [0.25, 0.3) is 0 Å². The Balaban J connectivity index is 1.27. The van der Waals surface area contributed by atoms with Crippen LogP contribution in [0.4, 0.5) is 11.5 Å². The van der Waals surface area contributed by atoms with Gasteiger partial charge < -0.3 is 29.9 Å². The lowest BCUT2D eigenvalue weighted by Crippen LogP contribution is -2.41. The van der Waals surface area contributed by atoms with Gasteiger partial charge in [0, 0.05) is 62.9 Å². The molecule has 1 saturated heterocycles. The molecule has 3 aliphatic heterocycles. The van der Waals surface area contributed by atoms with Gasteiger partial charge in [-0.1, -0.05) is 6.07 Å². The number of nitrogens with zero attached hydrogens (tertiary/aromatic N) is 8. The minimum Gasteiger partial charge on any atom is -0.463 e. The summed E-state index contributed by atoms with van der Waals surface area (Å²) in [5, 5.41) is 14.8. The lowest BCUT2D eigenvalue weighted by molar-refractivity contribution is -0.0856. The zero-order valence-corrected chi connectivity index (χ0v) is 26.4. The van der Waals surface area contributed by atoms with Crippen LogP contribution in [-0.2, 0) is 42.9 Å². The fourth-order valence-electron chi connectivity index (χ4n) is 7.50. The van der Waals surface area contributed by atoms with Crippen LogP contribution in [0.1, 0.15) is 69.8 Å². The summed E-state index contributed by atoms with van der Waals surface area (Å²) in [6.45, 7) is 4.96. The van der Waals surface area contributed by atoms with Gasteiger partial charge in [-0.3, -0.25) is 9.48 Å². The van der Waals surface area contributed by atoms with Crippen molar-refractivity contribution in [3.63, 3.8) is 0 Å². The maximum atomic E-state index is 12.7. The van der Waals surface area contributed by atoms with Crippen molar-refractivity contribution in [1.29, 1.82) is 5.26 Å². The topological polar surface area (TPSA) is 139 Å². The Morgan fingerprint density at radius 1 is 1.24 bits per heavy atom. The molecular weight excluding hydrogens is 570 g/mol. The molecule has 0 saturated carbocycles. The van der Waals surface area contributed by atoms with E-state index in [4.69, 9.17) is 25.2 Å². The standard InChI is InChI=1S/C33H41N9O3/c1-39(2)31(43)27-14-23-18-41(11-5-12-42(23)38-27)30-25-20-45-33(10-4-6-22-7-8-26(35)24(16-34)29(22)33)15-28(25)36-32(37-30)44-19-21-9-13-40(3)17-21/h7-8,14,21H,4-6,9-13,15,17-20,35H2,1-3H3/t21-,33?/m0/s1. The third-order valence-electron chi connectivity index (χ3n) is 9.79. The first-order valence-corrected chi connectivity index (χ1v) is 15.9. The van der Waals surface area contributed by atoms with Crippen molar-refractivity contribution in [3.05, 3.63) is 57.5 Å². The minimum atomic E-state index is -0.684. The third kappa shape index (κ3) is 5.38. The van der Waals surface area contributed by atoms with Gasteiger partial charge in [-0.15, -0.1) is 0 Å². The normalized spacial score (nSPS) is 22.7. The van der Waals surface area contributed by atoms with E-state index >= 15 is 0 Å². The number of ether oxygens (including phenoxy) is 2. The molecule has 236 valence electrons. The number of aryl methyl sites for hydroxylation is 2. The van der Waals surface area contributed by atoms with Crippen molar-refractivity contribution >= 4 is 17.4 Å². The molecule has 4 aliphatic rings. The molecule has 1 spiro atoms. The number of anilines is 2. The van der Waals surface area contributed by atoms with Crippen molar-refractivity contribution in [2.45, 2.75) is 63.8 Å². The Labute approximate surface area is 263 Å². The second-order valence-electron chi connectivity index (χ2n) is 13.2. The highest BCUT2D eigenvalue weighted by molar-refractivity contribution is 5.92. The Morgan fingerprint density at radius 3 is 2.89 bits per heavy atom. The summed E-state index contributed by atoms with van der Waals surface area (Å²) in [6.07, 6.45) is 5.08. The fourth-order valence-corrected chi connectivity index (χ4v) is 7.50. The van der Waals surface area contributed by atoms with Gasteiger partial charge in [0.25, 0.3) is 5.91 Å². The lowest BCUT2D eigenvalue weighted by Gasteiger charge is -2.43. The number of nitrogens with two attached hydrogens (primary N) is 1. The molecule has 45 heavy (non-hydrogen) atoms. The monoisotopic (exact) mass is 611 g/mol. The molecule has 0 radical (unpaired) electrons. The Kier molecular flexibility index (Phi) is 7.61. The van der Waals surface area contributed by atoms with E-state index in [0.717, 1.165) is 85.6 Å². The van der Waals surface area contributed by atoms with E-state index in [2.05, 4.69) is 28.0 Å². The van der Waals surface area contributed by atoms with Crippen LogP contribution >= 0.6 is 0 Å². The number of nitriles is 1. The zero-order chi connectivity index (χ0) is 31.3. The van der Waals surface area contributed by atoms with Crippen LogP contribution in [0.15, 0.2) is 18.2 Å². The molecule has 0 bridgehead atoms. The second kappa shape index (κ2) is 11.6. The van der Waals surface area contributed by atoms with Gasteiger partial charge >= 0.3 is 6.01 Å². The maximum absolute atomic E-state index is 12.7. The maximum Gasteiger partial charge on any atom is 0.318 e. The number of hydrogen-bond donors (Lipinski definition) is 1. The molecule has 1 aliphatic carbocycles. The number of nitrogen functional groups attached to an aromatic ring is 1. The first kappa shape index (κ1) is 29.5. The summed E-state index contributed by atoms with van der Waals surface area (Å²) in [7, 11) is 5.62. The van der Waals surface area contributed by atoms with Gasteiger partial charge in [0.2, 0.25) is 0 Å². The molecule has 1 amide bonds. The number of likely N-dealkylation sites (tertiary alicyclic amines) is 1. The lowest BCUT2D eigenvalue weighted by atomic mass is 9.72. The van der Waals surface area contributed by atoms with Crippen LogP contribution in [0.3, 0.4) is 0 Å². The number of aromatic nitrogens is 4. The highest BCUT2D eigenvalue weighted by atomic mass is 16.5. The number of carbonyl (C=O) groups excluding carboxylic acids is 1. The molecule has 3 aromatic rings. The number of fused-ring (bicyclic) bond motifs is 4. The first-order chi connectivity index (χ1) is 21.7. The molecular formula is C33H41N9O3. The molecule has 7 rings (SSSR count). The van der Waals surface area contributed by atoms with Gasteiger partial charge in [0.15, 0.2) is 5.69 Å². The molecule has 1 fully saturated rings. The molecule has 1 aromatic carbocycles. The third-order valence-corrected chi connectivity index (χ3v) is 9.79. The van der Waals surface area contributed by atoms with E-state index in [9.17, 15) is 10.1 Å². The molecule has 12 heteroatoms. The van der Waals surface area contributed by atoms with Crippen LogP contribution in [0.5, 0.6) is 6.01 Å². The van der Waals surface area contributed by atoms with Crippen LogP contribution in [0, 0.1) is 17.2 Å². The molecule has 5 heterocycles. The predicted molar refractivity (Wildman–Crippen MR) is 168 cm³/mol. The molecule has 12 nitrogen and oxygen atoms in total. The van der Waals surface area contributed by atoms with E-state index in [1.807, 2.05) is 22.9 Å². The van der Waals surface area contributed by atoms with Crippen LogP contribution in [-0.4, -0.2) is 82.8 Å². The highest BCUT2D eigenvalue weighted by Gasteiger charge is 2.45.